The van der Waals surface area contributed by atoms with Crippen LogP contribution in [0.15, 0.2) is 0 Å². The molecule has 29 heavy (non-hydrogen) atoms. The fourth-order valence-corrected chi connectivity index (χ4v) is 8.12. The number of carbonyl (C=O) groups excluding carboxylic acids is 2. The second-order valence-electron chi connectivity index (χ2n) is 10.2. The van der Waals surface area contributed by atoms with Crippen molar-refractivity contribution in [1.82, 2.24) is 0 Å². The minimum Gasteiger partial charge on any atom is -0.468 e. The molecule has 4 aliphatic carbocycles. The van der Waals surface area contributed by atoms with E-state index in [9.17, 15) is 19.8 Å². The van der Waals surface area contributed by atoms with E-state index in [-0.39, 0.29) is 35.6 Å². The van der Waals surface area contributed by atoms with Gasteiger partial charge in [0.05, 0.1) is 36.8 Å². The molecule has 4 aliphatic rings. The van der Waals surface area contributed by atoms with Crippen molar-refractivity contribution in [1.29, 1.82) is 0 Å². The Morgan fingerprint density at radius 2 is 1.79 bits per heavy atom. The summed E-state index contributed by atoms with van der Waals surface area (Å²) in [5.41, 5.74) is -2.24. The highest BCUT2D eigenvalue weighted by atomic mass is 16.5. The zero-order valence-electron chi connectivity index (χ0n) is 18.0. The van der Waals surface area contributed by atoms with E-state index in [1.807, 2.05) is 6.92 Å². The quantitative estimate of drug-likeness (QED) is 0.698. The van der Waals surface area contributed by atoms with Crippen LogP contribution in [0.4, 0.5) is 0 Å². The molecule has 0 bridgehead atoms. The number of hydrogen-bond acceptors (Lipinski definition) is 6. The van der Waals surface area contributed by atoms with E-state index >= 15 is 0 Å². The van der Waals surface area contributed by atoms with Crippen LogP contribution in [0.25, 0.3) is 0 Å². The van der Waals surface area contributed by atoms with Gasteiger partial charge in [-0.15, -0.1) is 0 Å². The molecule has 4 rings (SSSR count). The number of carbonyl (C=O) groups is 2. The van der Waals surface area contributed by atoms with Gasteiger partial charge in [0.1, 0.15) is 0 Å². The molecule has 0 aliphatic heterocycles. The summed E-state index contributed by atoms with van der Waals surface area (Å²) in [7, 11) is 1.41. The van der Waals surface area contributed by atoms with Crippen LogP contribution in [0.1, 0.15) is 71.6 Å². The summed E-state index contributed by atoms with van der Waals surface area (Å²) in [6.45, 7) is 4.49. The maximum atomic E-state index is 13.2. The molecule has 164 valence electrons. The highest BCUT2D eigenvalue weighted by Crippen LogP contribution is 2.68. The molecule has 4 saturated carbocycles. The Balaban J connectivity index is 1.69. The van der Waals surface area contributed by atoms with E-state index in [0.29, 0.717) is 37.7 Å². The second-order valence-corrected chi connectivity index (χ2v) is 10.2. The smallest absolute Gasteiger partial charge is 0.315 e. The number of hydrogen-bond donors (Lipinski definition) is 2. The average molecular weight is 409 g/mol. The van der Waals surface area contributed by atoms with Crippen LogP contribution in [0.3, 0.4) is 0 Å². The van der Waals surface area contributed by atoms with E-state index in [0.717, 1.165) is 32.1 Å². The Bertz CT molecular complexity index is 678. The van der Waals surface area contributed by atoms with Crippen molar-refractivity contribution in [3.63, 3.8) is 0 Å². The molecule has 4 fully saturated rings. The molecule has 0 spiro atoms. The van der Waals surface area contributed by atoms with Crippen molar-refractivity contribution in [2.45, 2.75) is 83.3 Å². The molecule has 0 saturated heterocycles. The zero-order valence-corrected chi connectivity index (χ0v) is 18.0. The first kappa shape index (κ1) is 21.1. The monoisotopic (exact) mass is 408 g/mol. The van der Waals surface area contributed by atoms with Crippen LogP contribution < -0.4 is 0 Å². The fourth-order valence-electron chi connectivity index (χ4n) is 8.12. The van der Waals surface area contributed by atoms with E-state index in [4.69, 9.17) is 9.47 Å². The summed E-state index contributed by atoms with van der Waals surface area (Å²) in [6, 6.07) is 0. The number of fused-ring (bicyclic) bond motifs is 5. The molecule has 0 aromatic rings. The molecule has 2 N–H and O–H groups in total. The lowest BCUT2D eigenvalue weighted by Crippen LogP contribution is -2.67. The Morgan fingerprint density at radius 1 is 1.03 bits per heavy atom. The van der Waals surface area contributed by atoms with Crippen LogP contribution in [0.2, 0.25) is 0 Å². The van der Waals surface area contributed by atoms with Gasteiger partial charge in [0, 0.05) is 6.42 Å². The van der Waals surface area contributed by atoms with Crippen molar-refractivity contribution in [2.75, 3.05) is 13.7 Å². The van der Waals surface area contributed by atoms with Gasteiger partial charge < -0.3 is 19.7 Å². The van der Waals surface area contributed by atoms with Gasteiger partial charge in [0.25, 0.3) is 0 Å². The maximum Gasteiger partial charge on any atom is 0.315 e. The number of methoxy groups -OCH3 is 1. The zero-order chi connectivity index (χ0) is 21.0. The first-order valence-corrected chi connectivity index (χ1v) is 11.4. The average Bonchev–Trinajstić information content (AvgIpc) is 3.04. The SMILES string of the molecule is CCOC(=O)[C@@H]1CCC2C3CCC4(O)CC(O)CCC4(C(=O)OC)C3CCC21C. The highest BCUT2D eigenvalue weighted by molar-refractivity contribution is 5.79. The molecule has 0 heterocycles. The van der Waals surface area contributed by atoms with Crippen molar-refractivity contribution >= 4 is 11.9 Å². The normalized spacial score (nSPS) is 48.8. The van der Waals surface area contributed by atoms with E-state index in [1.165, 1.54) is 7.11 Å². The Hall–Kier alpha value is -1.14. The predicted octanol–water partition coefficient (Wildman–Crippen LogP) is 2.84. The predicted molar refractivity (Wildman–Crippen MR) is 106 cm³/mol. The molecule has 8 atom stereocenters. The molecule has 0 aromatic carbocycles. The van der Waals surface area contributed by atoms with Crippen molar-refractivity contribution in [3.8, 4) is 0 Å². The van der Waals surface area contributed by atoms with Crippen LogP contribution in [0, 0.1) is 34.5 Å². The third-order valence-electron chi connectivity index (χ3n) is 9.36. The number of rotatable bonds is 3. The third-order valence-corrected chi connectivity index (χ3v) is 9.36. The molecule has 0 aromatic heterocycles. The summed E-state index contributed by atoms with van der Waals surface area (Å²) < 4.78 is 10.7. The summed E-state index contributed by atoms with van der Waals surface area (Å²) in [4.78, 5) is 25.8. The van der Waals surface area contributed by atoms with Crippen molar-refractivity contribution in [3.05, 3.63) is 0 Å². The van der Waals surface area contributed by atoms with Crippen molar-refractivity contribution in [2.24, 2.45) is 34.5 Å². The summed E-state index contributed by atoms with van der Waals surface area (Å²) in [6.07, 6.45) is 5.51. The topological polar surface area (TPSA) is 93.1 Å². The first-order chi connectivity index (χ1) is 13.7. The Morgan fingerprint density at radius 3 is 2.48 bits per heavy atom. The Kier molecular flexibility index (Phi) is 5.26. The van der Waals surface area contributed by atoms with Gasteiger partial charge in [0.15, 0.2) is 0 Å². The lowest BCUT2D eigenvalue weighted by Gasteiger charge is -2.63. The van der Waals surface area contributed by atoms with Gasteiger partial charge >= 0.3 is 11.9 Å². The fraction of sp³-hybridized carbons (Fsp3) is 0.913. The number of aliphatic hydroxyl groups is 2. The largest absolute Gasteiger partial charge is 0.468 e. The molecule has 6 nitrogen and oxygen atoms in total. The lowest BCUT2D eigenvalue weighted by atomic mass is 9.42. The highest BCUT2D eigenvalue weighted by Gasteiger charge is 2.70. The first-order valence-electron chi connectivity index (χ1n) is 11.4. The van der Waals surface area contributed by atoms with Gasteiger partial charge in [0.2, 0.25) is 0 Å². The minimum absolute atomic E-state index is 0.0419. The van der Waals surface area contributed by atoms with Crippen LogP contribution >= 0.6 is 0 Å². The van der Waals surface area contributed by atoms with Gasteiger partial charge in [-0.25, -0.2) is 0 Å². The summed E-state index contributed by atoms with van der Waals surface area (Å²) >= 11 is 0. The van der Waals surface area contributed by atoms with Gasteiger partial charge in [-0.1, -0.05) is 6.92 Å². The summed E-state index contributed by atoms with van der Waals surface area (Å²) in [5, 5.41) is 21.9. The lowest BCUT2D eigenvalue weighted by molar-refractivity contribution is -0.237. The van der Waals surface area contributed by atoms with Gasteiger partial charge in [-0.05, 0) is 81.5 Å². The molecule has 0 amide bonds. The van der Waals surface area contributed by atoms with Crippen LogP contribution in [-0.2, 0) is 19.1 Å². The van der Waals surface area contributed by atoms with Gasteiger partial charge in [-0.2, -0.15) is 0 Å². The summed E-state index contributed by atoms with van der Waals surface area (Å²) in [5.74, 6) is 0.227. The van der Waals surface area contributed by atoms with Crippen LogP contribution in [-0.4, -0.2) is 47.6 Å². The number of esters is 2. The third kappa shape index (κ3) is 2.81. The Labute approximate surface area is 173 Å². The molecule has 0 radical (unpaired) electrons. The second kappa shape index (κ2) is 7.23. The van der Waals surface area contributed by atoms with E-state index < -0.39 is 17.1 Å². The maximum absolute atomic E-state index is 13.2. The van der Waals surface area contributed by atoms with E-state index in [2.05, 4.69) is 6.92 Å². The van der Waals surface area contributed by atoms with E-state index in [1.54, 1.807) is 0 Å². The number of ether oxygens (including phenoxy) is 2. The van der Waals surface area contributed by atoms with Crippen LogP contribution in [0.5, 0.6) is 0 Å². The molecular weight excluding hydrogens is 372 g/mol. The number of aliphatic hydroxyl groups excluding tert-OH is 1. The van der Waals surface area contributed by atoms with Crippen molar-refractivity contribution < 1.29 is 29.3 Å². The molecular formula is C23H36O6. The minimum atomic E-state index is -1.20. The molecule has 7 unspecified atom stereocenters. The standard InChI is InChI=1S/C23H36O6/c1-4-29-19(25)18-6-5-16-15-8-11-22(27)13-14(24)7-12-23(22,20(26)28-3)17(15)9-10-21(16,18)2/h14-18,24,27H,4-13H2,1-3H3/t14?,15?,16?,17?,18-,21?,22?,23?/m0/s1. The molecule has 6 heteroatoms. The van der Waals surface area contributed by atoms with Gasteiger partial charge in [-0.3, -0.25) is 9.59 Å².